The zero-order valence-electron chi connectivity index (χ0n) is 16.0. The lowest BCUT2D eigenvalue weighted by molar-refractivity contribution is 0.350. The molecule has 0 fully saturated rings. The SMILES string of the molecule is Cc1cc2c3c(c1)c1c(n3CC(c3ccc(C)nc3)C2)CCN(C)CC1. The predicted molar refractivity (Wildman–Crippen MR) is 107 cm³/mol. The second kappa shape index (κ2) is 5.95. The van der Waals surface area contributed by atoms with Gasteiger partial charge < -0.3 is 9.47 Å². The molecule has 0 aliphatic carbocycles. The second-order valence-electron chi connectivity index (χ2n) is 8.29. The molecule has 3 heteroatoms. The first kappa shape index (κ1) is 16.1. The Morgan fingerprint density at radius 2 is 1.92 bits per heavy atom. The van der Waals surface area contributed by atoms with Crippen molar-refractivity contribution in [3.05, 3.63) is 64.1 Å². The average Bonchev–Trinajstić information content (AvgIpc) is 2.78. The molecule has 2 aliphatic rings. The summed E-state index contributed by atoms with van der Waals surface area (Å²) in [4.78, 5) is 7.03. The van der Waals surface area contributed by atoms with Crippen LogP contribution >= 0.6 is 0 Å². The first-order valence-electron chi connectivity index (χ1n) is 9.84. The Bertz CT molecular complexity index is 981. The highest BCUT2D eigenvalue weighted by Gasteiger charge is 2.28. The van der Waals surface area contributed by atoms with Crippen molar-refractivity contribution in [2.45, 2.75) is 45.6 Å². The van der Waals surface area contributed by atoms with E-state index in [4.69, 9.17) is 0 Å². The lowest BCUT2D eigenvalue weighted by atomic mass is 9.88. The van der Waals surface area contributed by atoms with Gasteiger partial charge in [-0.15, -0.1) is 0 Å². The van der Waals surface area contributed by atoms with Crippen molar-refractivity contribution in [1.29, 1.82) is 0 Å². The third kappa shape index (κ3) is 2.49. The summed E-state index contributed by atoms with van der Waals surface area (Å²) in [5, 5.41) is 1.52. The van der Waals surface area contributed by atoms with Gasteiger partial charge in [-0.25, -0.2) is 0 Å². The lowest BCUT2D eigenvalue weighted by Crippen LogP contribution is -2.23. The summed E-state index contributed by atoms with van der Waals surface area (Å²) in [5.74, 6) is 0.526. The summed E-state index contributed by atoms with van der Waals surface area (Å²) in [6.45, 7) is 7.74. The van der Waals surface area contributed by atoms with Gasteiger partial charge in [-0.3, -0.25) is 4.98 Å². The van der Waals surface area contributed by atoms with Gasteiger partial charge in [0.25, 0.3) is 0 Å². The van der Waals surface area contributed by atoms with E-state index in [1.165, 1.54) is 40.6 Å². The zero-order valence-corrected chi connectivity index (χ0v) is 16.0. The van der Waals surface area contributed by atoms with Crippen molar-refractivity contribution in [2.24, 2.45) is 0 Å². The minimum absolute atomic E-state index is 0.526. The summed E-state index contributed by atoms with van der Waals surface area (Å²) in [6, 6.07) is 9.27. The molecule has 26 heavy (non-hydrogen) atoms. The largest absolute Gasteiger partial charge is 0.343 e. The van der Waals surface area contributed by atoms with Crippen molar-refractivity contribution in [1.82, 2.24) is 14.5 Å². The van der Waals surface area contributed by atoms with Crippen LogP contribution in [-0.2, 0) is 25.8 Å². The summed E-state index contributed by atoms with van der Waals surface area (Å²) in [7, 11) is 2.25. The van der Waals surface area contributed by atoms with E-state index in [0.717, 1.165) is 31.6 Å². The van der Waals surface area contributed by atoms with E-state index >= 15 is 0 Å². The molecular weight excluding hydrogens is 318 g/mol. The highest BCUT2D eigenvalue weighted by Crippen LogP contribution is 2.39. The van der Waals surface area contributed by atoms with Crippen molar-refractivity contribution >= 4 is 10.9 Å². The molecule has 3 nitrogen and oxygen atoms in total. The summed E-state index contributed by atoms with van der Waals surface area (Å²) < 4.78 is 2.66. The molecule has 0 N–H and O–H groups in total. The Morgan fingerprint density at radius 1 is 1.08 bits per heavy atom. The third-order valence-electron chi connectivity index (χ3n) is 6.35. The number of hydrogen-bond donors (Lipinski definition) is 0. The molecule has 2 aliphatic heterocycles. The molecule has 0 saturated heterocycles. The molecule has 0 amide bonds. The normalized spacial score (nSPS) is 20.2. The van der Waals surface area contributed by atoms with Crippen LogP contribution < -0.4 is 0 Å². The summed E-state index contributed by atoms with van der Waals surface area (Å²) in [5.41, 5.74) is 10.1. The van der Waals surface area contributed by atoms with Gasteiger partial charge in [-0.1, -0.05) is 17.7 Å². The fourth-order valence-corrected chi connectivity index (χ4v) is 4.98. The summed E-state index contributed by atoms with van der Waals surface area (Å²) >= 11 is 0. The topological polar surface area (TPSA) is 21.1 Å². The van der Waals surface area contributed by atoms with E-state index in [9.17, 15) is 0 Å². The molecule has 1 atom stereocenters. The first-order valence-corrected chi connectivity index (χ1v) is 9.84. The van der Waals surface area contributed by atoms with Crippen LogP contribution in [0.3, 0.4) is 0 Å². The van der Waals surface area contributed by atoms with E-state index in [-0.39, 0.29) is 0 Å². The summed E-state index contributed by atoms with van der Waals surface area (Å²) in [6.07, 6.45) is 5.56. The van der Waals surface area contributed by atoms with Crippen molar-refractivity contribution < 1.29 is 0 Å². The molecule has 5 rings (SSSR count). The Hall–Kier alpha value is -2.13. The molecule has 4 heterocycles. The van der Waals surface area contributed by atoms with Crippen molar-refractivity contribution in [3.8, 4) is 0 Å². The molecule has 0 spiro atoms. The van der Waals surface area contributed by atoms with E-state index in [1.807, 2.05) is 0 Å². The van der Waals surface area contributed by atoms with Crippen molar-refractivity contribution in [2.75, 3.05) is 20.1 Å². The van der Waals surface area contributed by atoms with Crippen LogP contribution in [0.25, 0.3) is 10.9 Å². The predicted octanol–water partition coefficient (Wildman–Crippen LogP) is 4.02. The fourth-order valence-electron chi connectivity index (χ4n) is 4.98. The molecule has 0 saturated carbocycles. The zero-order chi connectivity index (χ0) is 17.8. The molecular formula is C23H27N3. The average molecular weight is 345 g/mol. The minimum atomic E-state index is 0.526. The fraction of sp³-hybridized carbons (Fsp3) is 0.435. The highest BCUT2D eigenvalue weighted by atomic mass is 15.1. The van der Waals surface area contributed by atoms with Gasteiger partial charge in [0.2, 0.25) is 0 Å². The van der Waals surface area contributed by atoms with E-state index in [1.54, 1.807) is 11.3 Å². The van der Waals surface area contributed by atoms with Crippen LogP contribution in [0.15, 0.2) is 30.5 Å². The molecule has 1 aromatic carbocycles. The number of fused-ring (bicyclic) bond motifs is 3. The van der Waals surface area contributed by atoms with Gasteiger partial charge in [0.05, 0.1) is 5.52 Å². The van der Waals surface area contributed by atoms with Crippen LogP contribution in [0.4, 0.5) is 0 Å². The molecule has 1 unspecified atom stereocenters. The Kier molecular flexibility index (Phi) is 3.68. The van der Waals surface area contributed by atoms with Crippen LogP contribution in [-0.4, -0.2) is 34.6 Å². The first-order chi connectivity index (χ1) is 12.6. The maximum Gasteiger partial charge on any atom is 0.0518 e. The van der Waals surface area contributed by atoms with E-state index in [0.29, 0.717) is 5.92 Å². The third-order valence-corrected chi connectivity index (χ3v) is 6.35. The number of nitrogens with zero attached hydrogens (tertiary/aromatic N) is 3. The molecule has 0 bridgehead atoms. The number of hydrogen-bond acceptors (Lipinski definition) is 2. The van der Waals surface area contributed by atoms with Crippen LogP contribution in [0.2, 0.25) is 0 Å². The maximum absolute atomic E-state index is 4.56. The standard InChI is InChI=1S/C23H27N3/c1-15-10-18-12-19(17-5-4-16(2)24-13-17)14-26-22-7-9-25(3)8-6-20(22)21(11-15)23(18)26/h4-5,10-11,13,19H,6-9,12,14H2,1-3H3. The number of likely N-dealkylation sites (N-methyl/N-ethyl adjacent to an activating group) is 1. The Balaban J connectivity index is 1.67. The monoisotopic (exact) mass is 345 g/mol. The second-order valence-corrected chi connectivity index (χ2v) is 8.29. The van der Waals surface area contributed by atoms with Crippen molar-refractivity contribution in [3.63, 3.8) is 0 Å². The van der Waals surface area contributed by atoms with E-state index in [2.05, 4.69) is 65.8 Å². The number of benzene rings is 1. The van der Waals surface area contributed by atoms with Gasteiger partial charge in [-0.05, 0) is 62.6 Å². The van der Waals surface area contributed by atoms with Gasteiger partial charge in [0.1, 0.15) is 0 Å². The molecule has 2 aromatic heterocycles. The van der Waals surface area contributed by atoms with Gasteiger partial charge in [0.15, 0.2) is 0 Å². The van der Waals surface area contributed by atoms with Crippen LogP contribution in [0.5, 0.6) is 0 Å². The smallest absolute Gasteiger partial charge is 0.0518 e. The number of aromatic nitrogens is 2. The Labute approximate surface area is 155 Å². The number of pyridine rings is 1. The molecule has 134 valence electrons. The maximum atomic E-state index is 4.56. The van der Waals surface area contributed by atoms with Gasteiger partial charge >= 0.3 is 0 Å². The van der Waals surface area contributed by atoms with Gasteiger partial charge in [0, 0.05) is 54.9 Å². The quantitative estimate of drug-likeness (QED) is 0.664. The number of aryl methyl sites for hydroxylation is 2. The number of rotatable bonds is 1. The minimum Gasteiger partial charge on any atom is -0.343 e. The van der Waals surface area contributed by atoms with Crippen LogP contribution in [0.1, 0.15) is 39.6 Å². The molecule has 0 radical (unpaired) electrons. The lowest BCUT2D eigenvalue weighted by Gasteiger charge is -2.27. The molecule has 3 aromatic rings. The Morgan fingerprint density at radius 3 is 2.73 bits per heavy atom. The highest BCUT2D eigenvalue weighted by molar-refractivity contribution is 5.90. The van der Waals surface area contributed by atoms with Crippen LogP contribution in [0, 0.1) is 13.8 Å². The van der Waals surface area contributed by atoms with E-state index < -0.39 is 0 Å². The van der Waals surface area contributed by atoms with Gasteiger partial charge in [-0.2, -0.15) is 0 Å².